The SMILES string of the molecule is N#CCN(CC#N)C(=O)C1COCC1N. The van der Waals surface area contributed by atoms with E-state index in [0.29, 0.717) is 6.61 Å². The molecule has 80 valence electrons. The van der Waals surface area contributed by atoms with E-state index in [2.05, 4.69) is 0 Å². The minimum Gasteiger partial charge on any atom is -0.379 e. The van der Waals surface area contributed by atoms with E-state index in [9.17, 15) is 4.79 Å². The van der Waals surface area contributed by atoms with Gasteiger partial charge in [0.25, 0.3) is 0 Å². The van der Waals surface area contributed by atoms with Crippen molar-refractivity contribution in [2.45, 2.75) is 6.04 Å². The second-order valence-corrected chi connectivity index (χ2v) is 3.32. The van der Waals surface area contributed by atoms with Gasteiger partial charge in [-0.05, 0) is 0 Å². The van der Waals surface area contributed by atoms with Gasteiger partial charge in [0.15, 0.2) is 0 Å². The first-order chi connectivity index (χ1) is 7.20. The second-order valence-electron chi connectivity index (χ2n) is 3.32. The van der Waals surface area contributed by atoms with Crippen LogP contribution in [0.5, 0.6) is 0 Å². The number of nitrogens with two attached hydrogens (primary N) is 1. The number of nitriles is 2. The fourth-order valence-corrected chi connectivity index (χ4v) is 1.44. The van der Waals surface area contributed by atoms with Crippen molar-refractivity contribution in [1.82, 2.24) is 4.90 Å². The molecule has 0 bridgehead atoms. The highest BCUT2D eigenvalue weighted by atomic mass is 16.5. The number of hydrogen-bond acceptors (Lipinski definition) is 5. The van der Waals surface area contributed by atoms with Crippen molar-refractivity contribution >= 4 is 5.91 Å². The Morgan fingerprint density at radius 1 is 1.40 bits per heavy atom. The molecule has 0 aliphatic carbocycles. The van der Waals surface area contributed by atoms with Gasteiger partial charge in [0.2, 0.25) is 5.91 Å². The predicted molar refractivity (Wildman–Crippen MR) is 50.1 cm³/mol. The minimum atomic E-state index is -0.424. The summed E-state index contributed by atoms with van der Waals surface area (Å²) >= 11 is 0. The van der Waals surface area contributed by atoms with E-state index in [1.807, 2.05) is 12.1 Å². The van der Waals surface area contributed by atoms with Gasteiger partial charge in [0.1, 0.15) is 13.1 Å². The van der Waals surface area contributed by atoms with Gasteiger partial charge in [-0.15, -0.1) is 0 Å². The smallest absolute Gasteiger partial charge is 0.231 e. The molecule has 0 radical (unpaired) electrons. The van der Waals surface area contributed by atoms with Crippen LogP contribution in [0, 0.1) is 28.6 Å². The Morgan fingerprint density at radius 2 is 2.00 bits per heavy atom. The number of nitrogens with zero attached hydrogens (tertiary/aromatic N) is 3. The Kier molecular flexibility index (Phi) is 4.04. The number of carbonyl (C=O) groups excluding carboxylic acids is 1. The molecule has 0 aromatic heterocycles. The van der Waals surface area contributed by atoms with Crippen molar-refractivity contribution in [2.75, 3.05) is 26.3 Å². The average molecular weight is 208 g/mol. The molecule has 0 aromatic carbocycles. The fourth-order valence-electron chi connectivity index (χ4n) is 1.44. The van der Waals surface area contributed by atoms with E-state index in [1.54, 1.807) is 0 Å². The summed E-state index contributed by atoms with van der Waals surface area (Å²) in [6, 6.07) is 3.35. The zero-order valence-corrected chi connectivity index (χ0v) is 8.22. The number of amides is 1. The van der Waals surface area contributed by atoms with Crippen LogP contribution in [0.15, 0.2) is 0 Å². The maximum Gasteiger partial charge on any atom is 0.231 e. The monoisotopic (exact) mass is 208 g/mol. The number of ether oxygens (including phenoxy) is 1. The van der Waals surface area contributed by atoms with Gasteiger partial charge in [-0.1, -0.05) is 0 Å². The highest BCUT2D eigenvalue weighted by Gasteiger charge is 2.34. The molecule has 6 heteroatoms. The summed E-state index contributed by atoms with van der Waals surface area (Å²) in [7, 11) is 0. The van der Waals surface area contributed by atoms with Gasteiger partial charge in [-0.25, -0.2) is 0 Å². The van der Waals surface area contributed by atoms with E-state index in [4.69, 9.17) is 21.0 Å². The van der Waals surface area contributed by atoms with Crippen molar-refractivity contribution in [3.63, 3.8) is 0 Å². The largest absolute Gasteiger partial charge is 0.379 e. The molecule has 1 saturated heterocycles. The Labute approximate surface area is 87.8 Å². The first kappa shape index (κ1) is 11.4. The molecular weight excluding hydrogens is 196 g/mol. The lowest BCUT2D eigenvalue weighted by Crippen LogP contribution is -2.43. The topological polar surface area (TPSA) is 103 Å². The second kappa shape index (κ2) is 5.30. The summed E-state index contributed by atoms with van der Waals surface area (Å²) in [5.41, 5.74) is 5.67. The molecule has 15 heavy (non-hydrogen) atoms. The van der Waals surface area contributed by atoms with Crippen LogP contribution in [0.3, 0.4) is 0 Å². The molecule has 1 amide bonds. The molecular formula is C9H12N4O2. The number of hydrogen-bond donors (Lipinski definition) is 1. The zero-order chi connectivity index (χ0) is 11.3. The Bertz CT molecular complexity index is 301. The van der Waals surface area contributed by atoms with Crippen molar-refractivity contribution < 1.29 is 9.53 Å². The van der Waals surface area contributed by atoms with Gasteiger partial charge >= 0.3 is 0 Å². The van der Waals surface area contributed by atoms with E-state index < -0.39 is 5.92 Å². The Balaban J connectivity index is 2.64. The lowest BCUT2D eigenvalue weighted by Gasteiger charge is -2.21. The number of rotatable bonds is 3. The van der Waals surface area contributed by atoms with Crippen LogP contribution < -0.4 is 5.73 Å². The maximum absolute atomic E-state index is 11.8. The summed E-state index contributed by atoms with van der Waals surface area (Å²) < 4.78 is 5.06. The average Bonchev–Trinajstić information content (AvgIpc) is 2.63. The molecule has 2 N–H and O–H groups in total. The summed E-state index contributed by atoms with van der Waals surface area (Å²) in [5, 5.41) is 17.0. The normalized spacial score (nSPS) is 24.2. The molecule has 1 aliphatic heterocycles. The first-order valence-electron chi connectivity index (χ1n) is 4.56. The highest BCUT2D eigenvalue weighted by molar-refractivity contribution is 5.80. The Morgan fingerprint density at radius 3 is 2.40 bits per heavy atom. The molecule has 0 aromatic rings. The highest BCUT2D eigenvalue weighted by Crippen LogP contribution is 2.14. The third kappa shape index (κ3) is 2.66. The van der Waals surface area contributed by atoms with Crippen LogP contribution in [0.2, 0.25) is 0 Å². The molecule has 1 aliphatic rings. The van der Waals surface area contributed by atoms with Crippen LogP contribution in [-0.4, -0.2) is 43.2 Å². The summed E-state index contributed by atoms with van der Waals surface area (Å²) in [5.74, 6) is -0.699. The summed E-state index contributed by atoms with van der Waals surface area (Å²) in [6.07, 6.45) is 0. The standard InChI is InChI=1S/C9H12N4O2/c10-1-3-13(4-2-11)9(14)7-5-15-6-8(7)12/h7-8H,3-6,12H2. The van der Waals surface area contributed by atoms with E-state index in [0.717, 1.165) is 0 Å². The van der Waals surface area contributed by atoms with Crippen molar-refractivity contribution in [1.29, 1.82) is 10.5 Å². The summed E-state index contributed by atoms with van der Waals surface area (Å²) in [6.45, 7) is 0.446. The molecule has 2 unspecified atom stereocenters. The van der Waals surface area contributed by atoms with Crippen molar-refractivity contribution in [2.24, 2.45) is 11.7 Å². The van der Waals surface area contributed by atoms with Gasteiger partial charge in [0, 0.05) is 6.04 Å². The van der Waals surface area contributed by atoms with Gasteiger partial charge < -0.3 is 15.4 Å². The summed E-state index contributed by atoms with van der Waals surface area (Å²) in [4.78, 5) is 13.0. The van der Waals surface area contributed by atoms with E-state index in [1.165, 1.54) is 4.90 Å². The lowest BCUT2D eigenvalue weighted by atomic mass is 10.0. The van der Waals surface area contributed by atoms with Crippen LogP contribution in [0.1, 0.15) is 0 Å². The number of carbonyl (C=O) groups is 1. The van der Waals surface area contributed by atoms with Crippen molar-refractivity contribution in [3.05, 3.63) is 0 Å². The van der Waals surface area contributed by atoms with Gasteiger partial charge in [-0.2, -0.15) is 10.5 Å². The van der Waals surface area contributed by atoms with Crippen LogP contribution >= 0.6 is 0 Å². The van der Waals surface area contributed by atoms with E-state index >= 15 is 0 Å². The quantitative estimate of drug-likeness (QED) is 0.589. The fraction of sp³-hybridized carbons (Fsp3) is 0.667. The molecule has 0 spiro atoms. The van der Waals surface area contributed by atoms with E-state index in [-0.39, 0.29) is 31.6 Å². The predicted octanol–water partition coefficient (Wildman–Crippen LogP) is -1.16. The third-order valence-corrected chi connectivity index (χ3v) is 2.28. The van der Waals surface area contributed by atoms with Crippen LogP contribution in [0.25, 0.3) is 0 Å². The molecule has 1 fully saturated rings. The molecule has 2 atom stereocenters. The lowest BCUT2D eigenvalue weighted by molar-refractivity contribution is -0.134. The Hall–Kier alpha value is -1.63. The maximum atomic E-state index is 11.8. The zero-order valence-electron chi connectivity index (χ0n) is 8.22. The molecule has 1 heterocycles. The molecule has 6 nitrogen and oxygen atoms in total. The van der Waals surface area contributed by atoms with Gasteiger partial charge in [-0.3, -0.25) is 4.79 Å². The molecule has 0 saturated carbocycles. The molecule has 1 rings (SSSR count). The minimum absolute atomic E-state index is 0.0877. The van der Waals surface area contributed by atoms with Crippen LogP contribution in [0.4, 0.5) is 0 Å². The first-order valence-corrected chi connectivity index (χ1v) is 4.56. The van der Waals surface area contributed by atoms with Gasteiger partial charge in [0.05, 0.1) is 31.3 Å². The van der Waals surface area contributed by atoms with Crippen molar-refractivity contribution in [3.8, 4) is 12.1 Å². The van der Waals surface area contributed by atoms with Crippen LogP contribution in [-0.2, 0) is 9.53 Å². The third-order valence-electron chi connectivity index (χ3n) is 2.28.